The lowest BCUT2D eigenvalue weighted by Crippen LogP contribution is -2.50. The summed E-state index contributed by atoms with van der Waals surface area (Å²) in [7, 11) is 0. The first-order valence-electron chi connectivity index (χ1n) is 9.36. The molecule has 0 aromatic heterocycles. The molecule has 0 saturated heterocycles. The zero-order chi connectivity index (χ0) is 20.7. The number of hydrogen-bond acceptors (Lipinski definition) is 2. The van der Waals surface area contributed by atoms with Gasteiger partial charge in [-0.05, 0) is 44.9 Å². The lowest BCUT2D eigenvalue weighted by Gasteiger charge is -2.29. The normalized spacial score (nSPS) is 11.9. The van der Waals surface area contributed by atoms with Crippen molar-refractivity contribution in [1.29, 1.82) is 0 Å². The van der Waals surface area contributed by atoms with Gasteiger partial charge in [0.05, 0.1) is 6.42 Å². The molecule has 2 amide bonds. The molecule has 1 N–H and O–H groups in total. The van der Waals surface area contributed by atoms with Crippen molar-refractivity contribution in [2.24, 2.45) is 0 Å². The summed E-state index contributed by atoms with van der Waals surface area (Å²) in [6.07, 6.45) is 0.399. The molecule has 6 heteroatoms. The van der Waals surface area contributed by atoms with Crippen molar-refractivity contribution in [2.45, 2.75) is 45.7 Å². The van der Waals surface area contributed by atoms with Crippen molar-refractivity contribution >= 4 is 23.4 Å². The summed E-state index contributed by atoms with van der Waals surface area (Å²) in [5, 5.41) is 3.03. The summed E-state index contributed by atoms with van der Waals surface area (Å²) in [6.45, 7) is 5.75. The largest absolute Gasteiger partial charge is 0.352 e. The highest BCUT2D eigenvalue weighted by atomic mass is 35.5. The number of nitrogens with zero attached hydrogens (tertiary/aromatic N) is 1. The molecule has 0 bridgehead atoms. The van der Waals surface area contributed by atoms with E-state index in [1.807, 2.05) is 44.2 Å². The molecule has 2 rings (SSSR count). The van der Waals surface area contributed by atoms with Crippen LogP contribution < -0.4 is 5.32 Å². The van der Waals surface area contributed by atoms with Crippen LogP contribution in [0.4, 0.5) is 4.39 Å². The van der Waals surface area contributed by atoms with Gasteiger partial charge >= 0.3 is 0 Å². The van der Waals surface area contributed by atoms with Gasteiger partial charge < -0.3 is 10.2 Å². The monoisotopic (exact) mass is 404 g/mol. The third-order valence-corrected chi connectivity index (χ3v) is 4.83. The first-order chi connectivity index (χ1) is 13.3. The quantitative estimate of drug-likeness (QED) is 0.722. The average molecular weight is 405 g/mol. The van der Waals surface area contributed by atoms with Crippen LogP contribution >= 0.6 is 11.6 Å². The fourth-order valence-electron chi connectivity index (χ4n) is 2.93. The predicted molar refractivity (Wildman–Crippen MR) is 110 cm³/mol. The van der Waals surface area contributed by atoms with E-state index in [1.165, 1.54) is 17.0 Å². The first-order valence-corrected chi connectivity index (χ1v) is 9.74. The summed E-state index contributed by atoms with van der Waals surface area (Å²) in [5.74, 6) is -1.10. The third-order valence-electron chi connectivity index (χ3n) is 4.47. The Hall–Kier alpha value is -2.40. The lowest BCUT2D eigenvalue weighted by molar-refractivity contribution is -0.139. The molecule has 0 unspecified atom stereocenters. The maximum atomic E-state index is 14.1. The summed E-state index contributed by atoms with van der Waals surface area (Å²) >= 11 is 6.07. The van der Waals surface area contributed by atoms with Gasteiger partial charge in [-0.2, -0.15) is 0 Å². The fourth-order valence-corrected chi connectivity index (χ4v) is 3.16. The maximum absolute atomic E-state index is 14.1. The zero-order valence-corrected chi connectivity index (χ0v) is 17.2. The molecular formula is C22H26ClFN2O2. The Labute approximate surface area is 170 Å². The van der Waals surface area contributed by atoms with E-state index >= 15 is 0 Å². The van der Waals surface area contributed by atoms with Crippen LogP contribution in [0.3, 0.4) is 0 Å². The van der Waals surface area contributed by atoms with Gasteiger partial charge in [-0.3, -0.25) is 9.59 Å². The molecule has 1 atom stereocenters. The first kappa shape index (κ1) is 21.9. The van der Waals surface area contributed by atoms with E-state index in [9.17, 15) is 14.0 Å². The fraction of sp³-hybridized carbons (Fsp3) is 0.364. The maximum Gasteiger partial charge on any atom is 0.242 e. The average Bonchev–Trinajstić information content (AvgIpc) is 2.65. The zero-order valence-electron chi connectivity index (χ0n) is 16.4. The molecule has 4 nitrogen and oxygen atoms in total. The molecule has 0 spiro atoms. The topological polar surface area (TPSA) is 49.4 Å². The Kier molecular flexibility index (Phi) is 8.00. The van der Waals surface area contributed by atoms with Gasteiger partial charge in [0, 0.05) is 23.2 Å². The van der Waals surface area contributed by atoms with E-state index < -0.39 is 11.9 Å². The van der Waals surface area contributed by atoms with E-state index in [0.717, 1.165) is 5.56 Å². The minimum atomic E-state index is -0.677. The van der Waals surface area contributed by atoms with Crippen LogP contribution in [0.25, 0.3) is 0 Å². The smallest absolute Gasteiger partial charge is 0.242 e. The Bertz CT molecular complexity index is 791. The van der Waals surface area contributed by atoms with Gasteiger partial charge in [0.25, 0.3) is 0 Å². The molecule has 2 aromatic rings. The van der Waals surface area contributed by atoms with Crippen LogP contribution in [-0.4, -0.2) is 35.3 Å². The summed E-state index contributed by atoms with van der Waals surface area (Å²) in [6, 6.07) is 13.3. The number of halogens is 2. The number of hydrogen-bond donors (Lipinski definition) is 1. The highest BCUT2D eigenvalue weighted by Crippen LogP contribution is 2.21. The summed E-state index contributed by atoms with van der Waals surface area (Å²) < 4.78 is 14.1. The second-order valence-corrected chi connectivity index (χ2v) is 7.45. The van der Waals surface area contributed by atoms with Gasteiger partial charge in [-0.15, -0.1) is 0 Å². The molecule has 150 valence electrons. The van der Waals surface area contributed by atoms with Crippen LogP contribution in [0, 0.1) is 5.82 Å². The van der Waals surface area contributed by atoms with Gasteiger partial charge in [0.15, 0.2) is 0 Å². The summed E-state index contributed by atoms with van der Waals surface area (Å²) in [4.78, 5) is 27.0. The van der Waals surface area contributed by atoms with Crippen LogP contribution in [0.15, 0.2) is 48.5 Å². The van der Waals surface area contributed by atoms with Gasteiger partial charge in [0.2, 0.25) is 11.8 Å². The standard InChI is InChI=1S/C22H26ClFN2O2/c1-15(2)25-22(28)16(3)26(13-12-17-8-5-4-6-9-17)21(27)14-18-19(23)10-7-11-20(18)24/h4-11,15-16H,12-14H2,1-3H3,(H,25,28)/t16-/m0/s1. The van der Waals surface area contributed by atoms with E-state index in [4.69, 9.17) is 11.6 Å². The molecule has 0 aliphatic heterocycles. The SMILES string of the molecule is CC(C)NC(=O)[C@H](C)N(CCc1ccccc1)C(=O)Cc1c(F)cccc1Cl. The number of carbonyl (C=O) groups excluding carboxylic acids is 2. The van der Waals surface area contributed by atoms with Crippen molar-refractivity contribution in [3.63, 3.8) is 0 Å². The Morgan fingerprint density at radius 2 is 1.75 bits per heavy atom. The predicted octanol–water partition coefficient (Wildman–Crippen LogP) is 4.01. The van der Waals surface area contributed by atoms with Gasteiger partial charge in [-0.25, -0.2) is 4.39 Å². The second kappa shape index (κ2) is 10.2. The molecule has 0 saturated carbocycles. The van der Waals surface area contributed by atoms with Crippen molar-refractivity contribution in [3.8, 4) is 0 Å². The molecule has 0 heterocycles. The Balaban J connectivity index is 2.20. The molecule has 0 aliphatic rings. The van der Waals surface area contributed by atoms with E-state index in [2.05, 4.69) is 5.32 Å². The van der Waals surface area contributed by atoms with Crippen molar-refractivity contribution in [3.05, 3.63) is 70.5 Å². The molecular weight excluding hydrogens is 379 g/mol. The second-order valence-electron chi connectivity index (χ2n) is 7.04. The van der Waals surface area contributed by atoms with Gasteiger partial charge in [0.1, 0.15) is 11.9 Å². The Morgan fingerprint density at radius 1 is 1.07 bits per heavy atom. The highest BCUT2D eigenvalue weighted by Gasteiger charge is 2.27. The van der Waals surface area contributed by atoms with Crippen molar-refractivity contribution < 1.29 is 14.0 Å². The molecule has 0 aliphatic carbocycles. The third kappa shape index (κ3) is 6.06. The number of benzene rings is 2. The number of rotatable bonds is 8. The van der Waals surface area contributed by atoms with Gasteiger partial charge in [-0.1, -0.05) is 48.0 Å². The number of amides is 2. The minimum absolute atomic E-state index is 0.0398. The summed E-state index contributed by atoms with van der Waals surface area (Å²) in [5.41, 5.74) is 1.20. The minimum Gasteiger partial charge on any atom is -0.352 e. The highest BCUT2D eigenvalue weighted by molar-refractivity contribution is 6.31. The van der Waals surface area contributed by atoms with Crippen LogP contribution in [0.5, 0.6) is 0 Å². The lowest BCUT2D eigenvalue weighted by atomic mass is 10.1. The number of nitrogens with one attached hydrogen (secondary N) is 1. The van der Waals surface area contributed by atoms with Crippen LogP contribution in [0.2, 0.25) is 5.02 Å². The van der Waals surface area contributed by atoms with E-state index in [0.29, 0.717) is 13.0 Å². The molecule has 0 radical (unpaired) electrons. The molecule has 28 heavy (non-hydrogen) atoms. The van der Waals surface area contributed by atoms with Crippen LogP contribution in [0.1, 0.15) is 31.9 Å². The Morgan fingerprint density at radius 3 is 2.36 bits per heavy atom. The van der Waals surface area contributed by atoms with Crippen LogP contribution in [-0.2, 0) is 22.4 Å². The number of carbonyl (C=O) groups is 2. The van der Waals surface area contributed by atoms with Crippen molar-refractivity contribution in [1.82, 2.24) is 10.2 Å². The molecule has 2 aromatic carbocycles. The van der Waals surface area contributed by atoms with Crippen molar-refractivity contribution in [2.75, 3.05) is 6.54 Å². The van der Waals surface area contributed by atoms with E-state index in [-0.39, 0.29) is 34.9 Å². The van der Waals surface area contributed by atoms with E-state index in [1.54, 1.807) is 13.0 Å². The molecule has 0 fully saturated rings.